The molecule has 2 aromatic carbocycles. The maximum atomic E-state index is 13.1. The minimum absolute atomic E-state index is 0.210. The van der Waals surface area contributed by atoms with Crippen LogP contribution in [0.25, 0.3) is 11.1 Å². The molecule has 0 radical (unpaired) electrons. The van der Waals surface area contributed by atoms with Crippen molar-refractivity contribution in [1.82, 2.24) is 9.21 Å². The number of furan rings is 1. The van der Waals surface area contributed by atoms with Crippen molar-refractivity contribution in [2.45, 2.75) is 24.2 Å². The van der Waals surface area contributed by atoms with Crippen LogP contribution in [0.2, 0.25) is 0 Å². The van der Waals surface area contributed by atoms with Crippen molar-refractivity contribution in [2.24, 2.45) is 0 Å². The molecule has 0 saturated carbocycles. The first-order chi connectivity index (χ1) is 15.0. The Kier molecular flexibility index (Phi) is 5.16. The lowest BCUT2D eigenvalue weighted by molar-refractivity contribution is 0.0667. The van der Waals surface area contributed by atoms with Crippen LogP contribution < -0.4 is 0 Å². The van der Waals surface area contributed by atoms with E-state index in [-0.39, 0.29) is 19.0 Å². The Balaban J connectivity index is 1.30. The lowest BCUT2D eigenvalue weighted by atomic mass is 10.1. The summed E-state index contributed by atoms with van der Waals surface area (Å²) < 4.78 is 33.3. The first kappa shape index (κ1) is 20.0. The van der Waals surface area contributed by atoms with Crippen LogP contribution in [0.3, 0.4) is 0 Å². The summed E-state index contributed by atoms with van der Waals surface area (Å²) in [5.41, 5.74) is 4.05. The van der Waals surface area contributed by atoms with Crippen LogP contribution in [0.4, 0.5) is 0 Å². The molecule has 1 saturated heterocycles. The van der Waals surface area contributed by atoms with Gasteiger partial charge in [0.05, 0.1) is 11.2 Å². The number of fused-ring (bicyclic) bond motifs is 1. The molecular weight excluding hydrogens is 412 g/mol. The molecule has 0 spiro atoms. The standard InChI is InChI=1S/C24H24N2O4S/c27-24(23-22(11-16-30-23)19-5-2-1-3-6-19)25-12-14-26(15-13-25)31(28,29)21-10-9-18-7-4-8-20(18)17-21/h1-3,5-6,9-11,16-17H,4,7-8,12-15H2. The molecule has 0 bridgehead atoms. The van der Waals surface area contributed by atoms with Crippen LogP contribution in [-0.2, 0) is 22.9 Å². The summed E-state index contributed by atoms with van der Waals surface area (Å²) in [4.78, 5) is 15.1. The van der Waals surface area contributed by atoms with Crippen LogP contribution in [0.1, 0.15) is 28.1 Å². The maximum absolute atomic E-state index is 13.1. The molecule has 1 aliphatic carbocycles. The fourth-order valence-electron chi connectivity index (χ4n) is 4.45. The molecule has 160 valence electrons. The highest BCUT2D eigenvalue weighted by atomic mass is 32.2. The number of rotatable bonds is 4. The van der Waals surface area contributed by atoms with E-state index in [0.717, 1.165) is 36.0 Å². The zero-order valence-electron chi connectivity index (χ0n) is 17.2. The minimum Gasteiger partial charge on any atom is -0.459 e. The van der Waals surface area contributed by atoms with Crippen molar-refractivity contribution < 1.29 is 17.6 Å². The molecule has 2 heterocycles. The van der Waals surface area contributed by atoms with Gasteiger partial charge >= 0.3 is 0 Å². The summed E-state index contributed by atoms with van der Waals surface area (Å²) in [6.07, 6.45) is 4.56. The molecule has 5 rings (SSSR count). The van der Waals surface area contributed by atoms with Crippen LogP contribution in [0.5, 0.6) is 0 Å². The van der Waals surface area contributed by atoms with E-state index >= 15 is 0 Å². The van der Waals surface area contributed by atoms with Crippen molar-refractivity contribution in [3.8, 4) is 11.1 Å². The Bertz CT molecular complexity index is 1210. The third-order valence-corrected chi connectivity index (χ3v) is 8.07. The van der Waals surface area contributed by atoms with Gasteiger partial charge in [0.15, 0.2) is 5.76 Å². The Morgan fingerprint density at radius 2 is 1.61 bits per heavy atom. The molecule has 6 nitrogen and oxygen atoms in total. The Morgan fingerprint density at radius 1 is 0.871 bits per heavy atom. The molecule has 0 unspecified atom stereocenters. The van der Waals surface area contributed by atoms with Gasteiger partial charge in [-0.05, 0) is 54.2 Å². The first-order valence-corrected chi connectivity index (χ1v) is 12.0. The second kappa shape index (κ2) is 7.98. The van der Waals surface area contributed by atoms with Crippen molar-refractivity contribution >= 4 is 15.9 Å². The van der Waals surface area contributed by atoms with E-state index in [0.29, 0.717) is 23.7 Å². The molecule has 2 aliphatic rings. The molecule has 0 atom stereocenters. The first-order valence-electron chi connectivity index (χ1n) is 10.6. The Hall–Kier alpha value is -2.90. The summed E-state index contributed by atoms with van der Waals surface area (Å²) >= 11 is 0. The van der Waals surface area contributed by atoms with Crippen molar-refractivity contribution in [3.05, 3.63) is 77.7 Å². The molecule has 1 amide bonds. The van der Waals surface area contributed by atoms with E-state index in [2.05, 4.69) is 0 Å². The summed E-state index contributed by atoms with van der Waals surface area (Å²) in [5, 5.41) is 0. The van der Waals surface area contributed by atoms with Gasteiger partial charge in [0.2, 0.25) is 10.0 Å². The zero-order valence-corrected chi connectivity index (χ0v) is 18.0. The lowest BCUT2D eigenvalue weighted by Crippen LogP contribution is -2.50. The topological polar surface area (TPSA) is 70.8 Å². The highest BCUT2D eigenvalue weighted by molar-refractivity contribution is 7.89. The summed E-state index contributed by atoms with van der Waals surface area (Å²) in [6.45, 7) is 1.20. The number of hydrogen-bond acceptors (Lipinski definition) is 4. The van der Waals surface area contributed by atoms with Gasteiger partial charge in [0.25, 0.3) is 5.91 Å². The third kappa shape index (κ3) is 3.68. The summed E-state index contributed by atoms with van der Waals surface area (Å²) in [7, 11) is -3.57. The van der Waals surface area contributed by atoms with Gasteiger partial charge in [0, 0.05) is 31.7 Å². The fraction of sp³-hybridized carbons (Fsp3) is 0.292. The van der Waals surface area contributed by atoms with Crippen LogP contribution >= 0.6 is 0 Å². The summed E-state index contributed by atoms with van der Waals surface area (Å²) in [6, 6.07) is 16.9. The van der Waals surface area contributed by atoms with Gasteiger partial charge in [-0.2, -0.15) is 4.31 Å². The number of piperazine rings is 1. The quantitative estimate of drug-likeness (QED) is 0.627. The number of carbonyl (C=O) groups excluding carboxylic acids is 1. The highest BCUT2D eigenvalue weighted by Crippen LogP contribution is 2.28. The van der Waals surface area contributed by atoms with Crippen molar-refractivity contribution in [3.63, 3.8) is 0 Å². The monoisotopic (exact) mass is 436 g/mol. The second-order valence-electron chi connectivity index (χ2n) is 8.01. The second-order valence-corrected chi connectivity index (χ2v) is 9.95. The lowest BCUT2D eigenvalue weighted by Gasteiger charge is -2.33. The fourth-order valence-corrected chi connectivity index (χ4v) is 5.93. The average Bonchev–Trinajstić information content (AvgIpc) is 3.48. The van der Waals surface area contributed by atoms with Gasteiger partial charge in [0.1, 0.15) is 0 Å². The van der Waals surface area contributed by atoms with Crippen LogP contribution in [-0.4, -0.2) is 49.7 Å². The molecule has 7 heteroatoms. The van der Waals surface area contributed by atoms with Crippen molar-refractivity contribution in [1.29, 1.82) is 0 Å². The van der Waals surface area contributed by atoms with Crippen LogP contribution in [0, 0.1) is 0 Å². The minimum atomic E-state index is -3.57. The smallest absolute Gasteiger partial charge is 0.290 e. The zero-order chi connectivity index (χ0) is 21.4. The van der Waals surface area contributed by atoms with E-state index in [9.17, 15) is 13.2 Å². The Morgan fingerprint density at radius 3 is 2.39 bits per heavy atom. The largest absolute Gasteiger partial charge is 0.459 e. The molecule has 31 heavy (non-hydrogen) atoms. The maximum Gasteiger partial charge on any atom is 0.290 e. The molecule has 3 aromatic rings. The molecule has 1 fully saturated rings. The number of nitrogens with zero attached hydrogens (tertiary/aromatic N) is 2. The molecule has 1 aliphatic heterocycles. The Labute approximate surface area is 182 Å². The number of benzene rings is 2. The van der Waals surface area contributed by atoms with Crippen LogP contribution in [0.15, 0.2) is 70.2 Å². The molecule has 0 N–H and O–H groups in total. The van der Waals surface area contributed by atoms with Gasteiger partial charge in [-0.3, -0.25) is 4.79 Å². The SMILES string of the molecule is O=C(c1occc1-c1ccccc1)N1CCN(S(=O)(=O)c2ccc3c(c2)CCC3)CC1. The normalized spacial score (nSPS) is 17.0. The number of hydrogen-bond donors (Lipinski definition) is 0. The average molecular weight is 437 g/mol. The van der Waals surface area contributed by atoms with Crippen molar-refractivity contribution in [2.75, 3.05) is 26.2 Å². The highest BCUT2D eigenvalue weighted by Gasteiger charge is 2.32. The predicted octanol–water partition coefficient (Wildman–Crippen LogP) is 3.58. The number of amides is 1. The summed E-state index contributed by atoms with van der Waals surface area (Å²) in [5.74, 6) is 0.0829. The molecule has 1 aromatic heterocycles. The predicted molar refractivity (Wildman–Crippen MR) is 117 cm³/mol. The van der Waals surface area contributed by atoms with Gasteiger partial charge in [-0.15, -0.1) is 0 Å². The number of sulfonamides is 1. The molecular formula is C24H24N2O4S. The van der Waals surface area contributed by atoms with E-state index in [1.807, 2.05) is 42.5 Å². The third-order valence-electron chi connectivity index (χ3n) is 6.18. The van der Waals surface area contributed by atoms with Gasteiger partial charge < -0.3 is 9.32 Å². The van der Waals surface area contributed by atoms with E-state index < -0.39 is 10.0 Å². The van der Waals surface area contributed by atoms with Gasteiger partial charge in [-0.1, -0.05) is 36.4 Å². The van der Waals surface area contributed by atoms with E-state index in [1.165, 1.54) is 16.1 Å². The van der Waals surface area contributed by atoms with E-state index in [1.54, 1.807) is 17.0 Å². The van der Waals surface area contributed by atoms with E-state index in [4.69, 9.17) is 4.42 Å². The number of carbonyl (C=O) groups is 1. The van der Waals surface area contributed by atoms with Gasteiger partial charge in [-0.25, -0.2) is 8.42 Å². The number of aryl methyl sites for hydroxylation is 2.